The van der Waals surface area contributed by atoms with Crippen LogP contribution in [0.25, 0.3) is 0 Å². The lowest BCUT2D eigenvalue weighted by Gasteiger charge is -2.18. The molecule has 3 aromatic rings. The molecule has 2 aromatic carbocycles. The Morgan fingerprint density at radius 2 is 1.64 bits per heavy atom. The second kappa shape index (κ2) is 9.36. The minimum absolute atomic E-state index is 0.468. The second-order valence-electron chi connectivity index (χ2n) is 6.22. The molecule has 25 heavy (non-hydrogen) atoms. The summed E-state index contributed by atoms with van der Waals surface area (Å²) in [5, 5.41) is 4.30. The first-order valence-corrected chi connectivity index (χ1v) is 9.09. The Kier molecular flexibility index (Phi) is 6.61. The van der Waals surface area contributed by atoms with Crippen LogP contribution in [-0.2, 0) is 13.0 Å². The Labute approximate surface area is 154 Å². The Bertz CT molecular complexity index is 742. The molecule has 0 saturated heterocycles. The van der Waals surface area contributed by atoms with Crippen LogP contribution >= 0.6 is 11.6 Å². The fourth-order valence-corrected chi connectivity index (χ4v) is 3.14. The number of benzene rings is 2. The highest BCUT2D eigenvalue weighted by atomic mass is 35.5. The van der Waals surface area contributed by atoms with Crippen molar-refractivity contribution in [1.82, 2.24) is 10.3 Å². The van der Waals surface area contributed by atoms with Crippen molar-refractivity contribution in [3.63, 3.8) is 0 Å². The Morgan fingerprint density at radius 1 is 0.880 bits per heavy atom. The van der Waals surface area contributed by atoms with Crippen molar-refractivity contribution in [2.45, 2.75) is 25.3 Å². The number of rotatable bonds is 8. The highest BCUT2D eigenvalue weighted by molar-refractivity contribution is 6.30. The van der Waals surface area contributed by atoms with Crippen LogP contribution in [0.5, 0.6) is 0 Å². The first-order valence-electron chi connectivity index (χ1n) is 8.71. The first-order chi connectivity index (χ1) is 12.3. The van der Waals surface area contributed by atoms with Crippen molar-refractivity contribution < 1.29 is 0 Å². The summed E-state index contributed by atoms with van der Waals surface area (Å²) < 4.78 is 0. The molecule has 3 heteroatoms. The Hall–Kier alpha value is -2.16. The number of pyridine rings is 1. The number of hydrogen-bond acceptors (Lipinski definition) is 2. The van der Waals surface area contributed by atoms with Gasteiger partial charge in [-0.2, -0.15) is 0 Å². The van der Waals surface area contributed by atoms with Gasteiger partial charge >= 0.3 is 0 Å². The molecular weight excluding hydrogens is 328 g/mol. The maximum atomic E-state index is 6.05. The van der Waals surface area contributed by atoms with Gasteiger partial charge in [0.05, 0.1) is 5.69 Å². The number of nitrogens with zero attached hydrogens (tertiary/aromatic N) is 1. The van der Waals surface area contributed by atoms with Gasteiger partial charge in [0, 0.05) is 17.8 Å². The molecule has 0 aliphatic heterocycles. The molecule has 2 nitrogen and oxygen atoms in total. The molecule has 1 unspecified atom stereocenters. The zero-order valence-electron chi connectivity index (χ0n) is 14.2. The largest absolute Gasteiger partial charge is 0.311 e. The van der Waals surface area contributed by atoms with Gasteiger partial charge in [0.25, 0.3) is 0 Å². The van der Waals surface area contributed by atoms with Gasteiger partial charge in [0.1, 0.15) is 0 Å². The van der Waals surface area contributed by atoms with Crippen LogP contribution in [0.1, 0.15) is 29.2 Å². The third kappa shape index (κ3) is 5.70. The fraction of sp³-hybridized carbons (Fsp3) is 0.227. The Balaban J connectivity index is 1.60. The smallest absolute Gasteiger partial charge is 0.0541 e. The number of aromatic nitrogens is 1. The highest BCUT2D eigenvalue weighted by Gasteiger charge is 2.12. The van der Waals surface area contributed by atoms with E-state index in [4.69, 9.17) is 11.6 Å². The quantitative estimate of drug-likeness (QED) is 0.562. The van der Waals surface area contributed by atoms with E-state index in [1.54, 1.807) is 0 Å². The number of halogens is 1. The van der Waals surface area contributed by atoms with E-state index in [1.807, 2.05) is 36.5 Å². The predicted molar refractivity (Wildman–Crippen MR) is 105 cm³/mol. The van der Waals surface area contributed by atoms with Gasteiger partial charge in [-0.25, -0.2) is 0 Å². The van der Waals surface area contributed by atoms with E-state index < -0.39 is 0 Å². The van der Waals surface area contributed by atoms with E-state index in [2.05, 4.69) is 52.8 Å². The number of hydrogen-bond donors (Lipinski definition) is 1. The maximum absolute atomic E-state index is 6.05. The minimum atomic E-state index is 0.468. The van der Waals surface area contributed by atoms with Gasteiger partial charge in [-0.05, 0) is 60.7 Å². The summed E-state index contributed by atoms with van der Waals surface area (Å²) in [6.45, 7) is 1.76. The molecule has 128 valence electrons. The van der Waals surface area contributed by atoms with E-state index in [9.17, 15) is 0 Å². The molecule has 0 radical (unpaired) electrons. The molecule has 1 N–H and O–H groups in total. The van der Waals surface area contributed by atoms with Gasteiger partial charge in [0.2, 0.25) is 0 Å². The zero-order valence-corrected chi connectivity index (χ0v) is 15.0. The topological polar surface area (TPSA) is 24.9 Å². The van der Waals surface area contributed by atoms with Gasteiger partial charge in [0.15, 0.2) is 0 Å². The predicted octanol–water partition coefficient (Wildman–Crippen LogP) is 5.24. The van der Waals surface area contributed by atoms with Crippen molar-refractivity contribution in [3.8, 4) is 0 Å². The van der Waals surface area contributed by atoms with Crippen LogP contribution < -0.4 is 5.32 Å². The number of nitrogens with one attached hydrogen (secondary N) is 1. The lowest BCUT2D eigenvalue weighted by molar-refractivity contribution is 0.560. The third-order valence-corrected chi connectivity index (χ3v) is 4.62. The summed E-state index contributed by atoms with van der Waals surface area (Å²) >= 11 is 6.05. The lowest BCUT2D eigenvalue weighted by Crippen LogP contribution is -2.18. The van der Waals surface area contributed by atoms with E-state index in [1.165, 1.54) is 11.1 Å². The molecular formula is C22H23ClN2. The summed E-state index contributed by atoms with van der Waals surface area (Å²) in [5.74, 6) is 0.468. The Morgan fingerprint density at radius 3 is 2.36 bits per heavy atom. The summed E-state index contributed by atoms with van der Waals surface area (Å²) in [6.07, 6.45) is 3.94. The zero-order chi connectivity index (χ0) is 17.3. The van der Waals surface area contributed by atoms with Crippen LogP contribution in [0.15, 0.2) is 79.0 Å². The maximum Gasteiger partial charge on any atom is 0.0541 e. The highest BCUT2D eigenvalue weighted by Crippen LogP contribution is 2.25. The molecule has 1 atom stereocenters. The molecule has 0 saturated carbocycles. The summed E-state index contributed by atoms with van der Waals surface area (Å²) in [6, 6.07) is 24.9. The van der Waals surface area contributed by atoms with E-state index in [0.717, 1.165) is 36.6 Å². The average molecular weight is 351 g/mol. The van der Waals surface area contributed by atoms with Crippen LogP contribution in [0.2, 0.25) is 5.02 Å². The van der Waals surface area contributed by atoms with E-state index in [0.29, 0.717) is 5.92 Å². The van der Waals surface area contributed by atoms with Crippen molar-refractivity contribution in [1.29, 1.82) is 0 Å². The summed E-state index contributed by atoms with van der Waals surface area (Å²) in [7, 11) is 0. The second-order valence-corrected chi connectivity index (χ2v) is 6.66. The fourth-order valence-electron chi connectivity index (χ4n) is 3.02. The van der Waals surface area contributed by atoms with Gasteiger partial charge in [-0.3, -0.25) is 4.98 Å². The normalized spacial score (nSPS) is 12.0. The SMILES string of the molecule is Clc1ccc(C(CCNCc2ccccn2)Cc2ccccc2)cc1. The molecule has 0 aliphatic rings. The molecule has 0 bridgehead atoms. The van der Waals surface area contributed by atoms with Crippen LogP contribution in [-0.4, -0.2) is 11.5 Å². The molecule has 1 aromatic heterocycles. The lowest BCUT2D eigenvalue weighted by atomic mass is 9.89. The van der Waals surface area contributed by atoms with Gasteiger partial charge in [-0.15, -0.1) is 0 Å². The van der Waals surface area contributed by atoms with E-state index in [-0.39, 0.29) is 0 Å². The van der Waals surface area contributed by atoms with Crippen LogP contribution in [0, 0.1) is 0 Å². The van der Waals surface area contributed by atoms with Crippen molar-refractivity contribution in [2.75, 3.05) is 6.54 Å². The van der Waals surface area contributed by atoms with Gasteiger partial charge < -0.3 is 5.32 Å². The van der Waals surface area contributed by atoms with Crippen molar-refractivity contribution in [3.05, 3.63) is 101 Å². The third-order valence-electron chi connectivity index (χ3n) is 4.37. The van der Waals surface area contributed by atoms with E-state index >= 15 is 0 Å². The summed E-state index contributed by atoms with van der Waals surface area (Å²) in [4.78, 5) is 4.35. The molecule has 3 rings (SSSR count). The monoisotopic (exact) mass is 350 g/mol. The van der Waals surface area contributed by atoms with Crippen LogP contribution in [0.4, 0.5) is 0 Å². The molecule has 1 heterocycles. The van der Waals surface area contributed by atoms with Gasteiger partial charge in [-0.1, -0.05) is 60.1 Å². The molecule has 0 spiro atoms. The van der Waals surface area contributed by atoms with Crippen LogP contribution in [0.3, 0.4) is 0 Å². The molecule has 0 amide bonds. The average Bonchev–Trinajstić information content (AvgIpc) is 2.67. The molecule has 0 aliphatic carbocycles. The molecule has 0 fully saturated rings. The first kappa shape index (κ1) is 17.7. The van der Waals surface area contributed by atoms with Crippen molar-refractivity contribution >= 4 is 11.6 Å². The minimum Gasteiger partial charge on any atom is -0.311 e. The van der Waals surface area contributed by atoms with Crippen molar-refractivity contribution in [2.24, 2.45) is 0 Å². The summed E-state index contributed by atoms with van der Waals surface area (Å²) in [5.41, 5.74) is 3.79. The standard InChI is InChI=1S/C22H23ClN2/c23-21-11-9-19(10-12-21)20(16-18-6-2-1-3-7-18)13-15-24-17-22-8-4-5-14-25-22/h1-12,14,20,24H,13,15-17H2.